The lowest BCUT2D eigenvalue weighted by molar-refractivity contribution is -0.121. The summed E-state index contributed by atoms with van der Waals surface area (Å²) in [6, 6.07) is 8.23. The Balaban J connectivity index is 2.54. The number of hydrogen-bond acceptors (Lipinski definition) is 2. The third-order valence-electron chi connectivity index (χ3n) is 2.96. The number of carbonyl (C=O) groups is 1. The molecule has 0 bridgehead atoms. The van der Waals surface area contributed by atoms with Crippen LogP contribution < -0.4 is 10.6 Å². The molecule has 1 aromatic carbocycles. The maximum atomic E-state index is 11.6. The summed E-state index contributed by atoms with van der Waals surface area (Å²) in [6.45, 7) is 5.63. The van der Waals surface area contributed by atoms with Crippen LogP contribution in [-0.2, 0) is 10.2 Å². The quantitative estimate of drug-likeness (QED) is 0.847. The van der Waals surface area contributed by atoms with Crippen molar-refractivity contribution in [2.75, 3.05) is 20.1 Å². The maximum absolute atomic E-state index is 11.6. The highest BCUT2D eigenvalue weighted by Crippen LogP contribution is 2.23. The second-order valence-corrected chi connectivity index (χ2v) is 5.94. The SMILES string of the molecule is CNCCC(=O)NCC(C)(C)c1ccc(Br)cc1. The average Bonchev–Trinajstić information content (AvgIpc) is 2.34. The minimum absolute atomic E-state index is 0.0595. The predicted octanol–water partition coefficient (Wildman–Crippen LogP) is 2.45. The molecule has 0 heterocycles. The van der Waals surface area contributed by atoms with Crippen molar-refractivity contribution in [3.05, 3.63) is 34.3 Å². The van der Waals surface area contributed by atoms with Crippen molar-refractivity contribution in [2.24, 2.45) is 0 Å². The van der Waals surface area contributed by atoms with Gasteiger partial charge in [-0.2, -0.15) is 0 Å². The summed E-state index contributed by atoms with van der Waals surface area (Å²) in [5.74, 6) is 0.0922. The van der Waals surface area contributed by atoms with Crippen molar-refractivity contribution in [1.29, 1.82) is 0 Å². The fraction of sp³-hybridized carbons (Fsp3) is 0.500. The summed E-state index contributed by atoms with van der Waals surface area (Å²) in [4.78, 5) is 11.6. The monoisotopic (exact) mass is 312 g/mol. The Morgan fingerprint density at radius 1 is 1.28 bits per heavy atom. The van der Waals surface area contributed by atoms with Crippen molar-refractivity contribution in [2.45, 2.75) is 25.7 Å². The summed E-state index contributed by atoms with van der Waals surface area (Å²) in [7, 11) is 1.85. The van der Waals surface area contributed by atoms with Crippen LogP contribution in [0.25, 0.3) is 0 Å². The molecule has 3 nitrogen and oxygen atoms in total. The Morgan fingerprint density at radius 3 is 2.44 bits per heavy atom. The van der Waals surface area contributed by atoms with Crippen LogP contribution >= 0.6 is 15.9 Å². The zero-order chi connectivity index (χ0) is 13.6. The minimum atomic E-state index is -0.0595. The van der Waals surface area contributed by atoms with Crippen LogP contribution in [0, 0.1) is 0 Å². The van der Waals surface area contributed by atoms with E-state index in [-0.39, 0.29) is 11.3 Å². The van der Waals surface area contributed by atoms with Crippen LogP contribution in [0.1, 0.15) is 25.8 Å². The minimum Gasteiger partial charge on any atom is -0.355 e. The third-order valence-corrected chi connectivity index (χ3v) is 3.48. The molecule has 1 amide bonds. The van der Waals surface area contributed by atoms with Gasteiger partial charge in [-0.25, -0.2) is 0 Å². The van der Waals surface area contributed by atoms with Crippen LogP contribution in [0.2, 0.25) is 0 Å². The van der Waals surface area contributed by atoms with E-state index >= 15 is 0 Å². The van der Waals surface area contributed by atoms with Gasteiger partial charge in [-0.3, -0.25) is 4.79 Å². The number of amides is 1. The first-order chi connectivity index (χ1) is 8.45. The lowest BCUT2D eigenvalue weighted by atomic mass is 9.84. The van der Waals surface area contributed by atoms with Gasteiger partial charge in [-0.1, -0.05) is 41.9 Å². The molecule has 0 aliphatic rings. The molecule has 0 fully saturated rings. The predicted molar refractivity (Wildman–Crippen MR) is 78.7 cm³/mol. The van der Waals surface area contributed by atoms with Gasteiger partial charge in [0.05, 0.1) is 0 Å². The van der Waals surface area contributed by atoms with Crippen molar-refractivity contribution < 1.29 is 4.79 Å². The molecule has 1 rings (SSSR count). The van der Waals surface area contributed by atoms with E-state index in [1.807, 2.05) is 19.2 Å². The Kier molecular flexibility index (Phi) is 5.82. The van der Waals surface area contributed by atoms with Crippen molar-refractivity contribution in [1.82, 2.24) is 10.6 Å². The summed E-state index contributed by atoms with van der Waals surface area (Å²) in [6.07, 6.45) is 0.521. The zero-order valence-corrected chi connectivity index (χ0v) is 12.8. The fourth-order valence-electron chi connectivity index (χ4n) is 1.65. The van der Waals surface area contributed by atoms with Gasteiger partial charge in [0.25, 0.3) is 0 Å². The van der Waals surface area contributed by atoms with Crippen molar-refractivity contribution in [3.63, 3.8) is 0 Å². The van der Waals surface area contributed by atoms with E-state index in [0.717, 1.165) is 4.47 Å². The number of rotatable bonds is 6. The molecule has 0 aromatic heterocycles. The second kappa shape index (κ2) is 6.90. The van der Waals surface area contributed by atoms with Gasteiger partial charge >= 0.3 is 0 Å². The highest BCUT2D eigenvalue weighted by atomic mass is 79.9. The zero-order valence-electron chi connectivity index (χ0n) is 11.2. The van der Waals surface area contributed by atoms with Gasteiger partial charge in [-0.15, -0.1) is 0 Å². The molecule has 0 spiro atoms. The van der Waals surface area contributed by atoms with Gasteiger partial charge in [0, 0.05) is 29.4 Å². The molecule has 1 aromatic rings. The Hall–Kier alpha value is -0.870. The van der Waals surface area contributed by atoms with E-state index in [2.05, 4.69) is 52.5 Å². The van der Waals surface area contributed by atoms with Gasteiger partial charge in [0.2, 0.25) is 5.91 Å². The largest absolute Gasteiger partial charge is 0.355 e. The Labute approximate surface area is 117 Å². The lowest BCUT2D eigenvalue weighted by Crippen LogP contribution is -2.37. The highest BCUT2D eigenvalue weighted by molar-refractivity contribution is 9.10. The first-order valence-corrected chi connectivity index (χ1v) is 6.92. The van der Waals surface area contributed by atoms with Crippen LogP contribution in [-0.4, -0.2) is 26.0 Å². The van der Waals surface area contributed by atoms with Gasteiger partial charge < -0.3 is 10.6 Å². The lowest BCUT2D eigenvalue weighted by Gasteiger charge is -2.25. The first kappa shape index (κ1) is 15.2. The average molecular weight is 313 g/mol. The number of benzene rings is 1. The number of halogens is 1. The topological polar surface area (TPSA) is 41.1 Å². The summed E-state index contributed by atoms with van der Waals surface area (Å²) < 4.78 is 1.07. The molecular formula is C14H21BrN2O. The number of hydrogen-bond donors (Lipinski definition) is 2. The maximum Gasteiger partial charge on any atom is 0.221 e. The molecular weight excluding hydrogens is 292 g/mol. The molecule has 100 valence electrons. The van der Waals surface area contributed by atoms with E-state index < -0.39 is 0 Å². The first-order valence-electron chi connectivity index (χ1n) is 6.13. The third kappa shape index (κ3) is 4.78. The van der Waals surface area contributed by atoms with E-state index in [4.69, 9.17) is 0 Å². The summed E-state index contributed by atoms with van der Waals surface area (Å²) in [5.41, 5.74) is 1.16. The van der Waals surface area contributed by atoms with Gasteiger partial charge in [0.1, 0.15) is 0 Å². The number of nitrogens with one attached hydrogen (secondary N) is 2. The molecule has 0 aliphatic carbocycles. The van der Waals surface area contributed by atoms with Crippen molar-refractivity contribution >= 4 is 21.8 Å². The molecule has 0 unspecified atom stereocenters. The van der Waals surface area contributed by atoms with Crippen molar-refractivity contribution in [3.8, 4) is 0 Å². The second-order valence-electron chi connectivity index (χ2n) is 5.02. The van der Waals surface area contributed by atoms with Gasteiger partial charge in [-0.05, 0) is 24.7 Å². The van der Waals surface area contributed by atoms with E-state index in [1.54, 1.807) is 0 Å². The standard InChI is InChI=1S/C14H21BrN2O/c1-14(2,10-17-13(18)8-9-16-3)11-4-6-12(15)7-5-11/h4-7,16H,8-10H2,1-3H3,(H,17,18). The van der Waals surface area contributed by atoms with E-state index in [9.17, 15) is 4.79 Å². The molecule has 0 aliphatic heterocycles. The molecule has 0 saturated heterocycles. The Bertz CT molecular complexity index is 387. The van der Waals surface area contributed by atoms with E-state index in [0.29, 0.717) is 19.5 Å². The normalized spacial score (nSPS) is 11.3. The Morgan fingerprint density at radius 2 is 1.89 bits per heavy atom. The molecule has 2 N–H and O–H groups in total. The fourth-order valence-corrected chi connectivity index (χ4v) is 1.91. The summed E-state index contributed by atoms with van der Waals surface area (Å²) >= 11 is 3.43. The summed E-state index contributed by atoms with van der Waals surface area (Å²) in [5, 5.41) is 5.95. The number of carbonyl (C=O) groups excluding carboxylic acids is 1. The smallest absolute Gasteiger partial charge is 0.221 e. The van der Waals surface area contributed by atoms with Crippen LogP contribution in [0.3, 0.4) is 0 Å². The van der Waals surface area contributed by atoms with Gasteiger partial charge in [0.15, 0.2) is 0 Å². The molecule has 0 radical (unpaired) electrons. The van der Waals surface area contributed by atoms with Crippen LogP contribution in [0.15, 0.2) is 28.7 Å². The van der Waals surface area contributed by atoms with Crippen LogP contribution in [0.5, 0.6) is 0 Å². The molecule has 0 saturated carbocycles. The highest BCUT2D eigenvalue weighted by Gasteiger charge is 2.21. The van der Waals surface area contributed by atoms with E-state index in [1.165, 1.54) is 5.56 Å². The molecule has 18 heavy (non-hydrogen) atoms. The molecule has 0 atom stereocenters. The van der Waals surface area contributed by atoms with Crippen LogP contribution in [0.4, 0.5) is 0 Å². The molecule has 4 heteroatoms.